The maximum atomic E-state index is 12.3. The number of rotatable bonds is 4. The van der Waals surface area contributed by atoms with Gasteiger partial charge in [0, 0.05) is 11.6 Å². The van der Waals surface area contributed by atoms with Crippen molar-refractivity contribution in [3.05, 3.63) is 29.8 Å². The first-order chi connectivity index (χ1) is 9.72. The molecule has 0 aromatic heterocycles. The SMILES string of the molecule is COc1ccccc1C1NCC(=O)N1C(C)C1CCC1. The topological polar surface area (TPSA) is 41.6 Å². The van der Waals surface area contributed by atoms with Crippen LogP contribution in [0.3, 0.4) is 0 Å². The van der Waals surface area contributed by atoms with Crippen molar-refractivity contribution in [1.82, 2.24) is 10.2 Å². The van der Waals surface area contributed by atoms with Gasteiger partial charge in [-0.25, -0.2) is 0 Å². The molecule has 1 aromatic rings. The summed E-state index contributed by atoms with van der Waals surface area (Å²) in [6.07, 6.45) is 3.71. The number of carbonyl (C=O) groups excluding carboxylic acids is 1. The Morgan fingerprint density at radius 1 is 1.35 bits per heavy atom. The molecule has 1 aliphatic heterocycles. The van der Waals surface area contributed by atoms with Crippen molar-refractivity contribution in [1.29, 1.82) is 0 Å². The van der Waals surface area contributed by atoms with Gasteiger partial charge in [0.15, 0.2) is 0 Å². The van der Waals surface area contributed by atoms with Crippen molar-refractivity contribution in [3.63, 3.8) is 0 Å². The summed E-state index contributed by atoms with van der Waals surface area (Å²) >= 11 is 0. The molecule has 0 spiro atoms. The number of para-hydroxylation sites is 1. The van der Waals surface area contributed by atoms with E-state index in [1.54, 1.807) is 7.11 Å². The first-order valence-corrected chi connectivity index (χ1v) is 7.40. The number of methoxy groups -OCH3 is 1. The summed E-state index contributed by atoms with van der Waals surface area (Å²) in [6.45, 7) is 2.59. The molecule has 0 bridgehead atoms. The number of nitrogens with zero attached hydrogens (tertiary/aromatic N) is 1. The monoisotopic (exact) mass is 274 g/mol. The fourth-order valence-corrected chi connectivity index (χ4v) is 3.28. The lowest BCUT2D eigenvalue weighted by atomic mass is 9.79. The van der Waals surface area contributed by atoms with Crippen LogP contribution in [-0.2, 0) is 4.79 Å². The molecule has 20 heavy (non-hydrogen) atoms. The number of benzene rings is 1. The maximum absolute atomic E-state index is 12.3. The van der Waals surface area contributed by atoms with E-state index in [-0.39, 0.29) is 12.1 Å². The van der Waals surface area contributed by atoms with Crippen LogP contribution in [0.2, 0.25) is 0 Å². The molecular formula is C16H22N2O2. The van der Waals surface area contributed by atoms with Crippen LogP contribution in [0.4, 0.5) is 0 Å². The fraction of sp³-hybridized carbons (Fsp3) is 0.562. The first kappa shape index (κ1) is 13.4. The second kappa shape index (κ2) is 5.44. The van der Waals surface area contributed by atoms with Gasteiger partial charge in [-0.15, -0.1) is 0 Å². The quantitative estimate of drug-likeness (QED) is 0.916. The van der Waals surface area contributed by atoms with Gasteiger partial charge in [0.1, 0.15) is 11.9 Å². The Kier molecular flexibility index (Phi) is 3.66. The standard InChI is InChI=1S/C16H22N2O2/c1-11(12-6-5-7-12)18-15(19)10-17-16(18)13-8-3-4-9-14(13)20-2/h3-4,8-9,11-12,16-17H,5-7,10H2,1-2H3. The summed E-state index contributed by atoms with van der Waals surface area (Å²) in [5.74, 6) is 1.68. The number of hydrogen-bond acceptors (Lipinski definition) is 3. The van der Waals surface area contributed by atoms with Crippen LogP contribution < -0.4 is 10.1 Å². The molecule has 4 heteroatoms. The van der Waals surface area contributed by atoms with Crippen LogP contribution in [-0.4, -0.2) is 30.5 Å². The zero-order valence-electron chi connectivity index (χ0n) is 12.1. The third-order valence-electron chi connectivity index (χ3n) is 4.72. The zero-order valence-corrected chi connectivity index (χ0v) is 12.1. The molecule has 1 heterocycles. The van der Waals surface area contributed by atoms with Crippen molar-refractivity contribution in [3.8, 4) is 5.75 Å². The van der Waals surface area contributed by atoms with Crippen LogP contribution in [0.25, 0.3) is 0 Å². The van der Waals surface area contributed by atoms with E-state index in [9.17, 15) is 4.79 Å². The minimum atomic E-state index is -0.0609. The van der Waals surface area contributed by atoms with Gasteiger partial charge >= 0.3 is 0 Å². The highest BCUT2D eigenvalue weighted by Crippen LogP contribution is 2.38. The number of carbonyl (C=O) groups is 1. The lowest BCUT2D eigenvalue weighted by molar-refractivity contribution is -0.131. The number of ether oxygens (including phenoxy) is 1. The van der Waals surface area contributed by atoms with Gasteiger partial charge in [-0.3, -0.25) is 10.1 Å². The second-order valence-corrected chi connectivity index (χ2v) is 5.76. The van der Waals surface area contributed by atoms with E-state index in [1.807, 2.05) is 29.2 Å². The fourth-order valence-electron chi connectivity index (χ4n) is 3.28. The van der Waals surface area contributed by atoms with Crippen molar-refractivity contribution >= 4 is 5.91 Å². The van der Waals surface area contributed by atoms with Gasteiger partial charge in [0.25, 0.3) is 0 Å². The second-order valence-electron chi connectivity index (χ2n) is 5.76. The van der Waals surface area contributed by atoms with Crippen LogP contribution in [0.1, 0.15) is 37.9 Å². The maximum Gasteiger partial charge on any atom is 0.238 e. The van der Waals surface area contributed by atoms with E-state index >= 15 is 0 Å². The molecule has 0 radical (unpaired) electrons. The van der Waals surface area contributed by atoms with E-state index in [0.29, 0.717) is 18.5 Å². The molecule has 2 atom stereocenters. The van der Waals surface area contributed by atoms with E-state index < -0.39 is 0 Å². The van der Waals surface area contributed by atoms with E-state index in [1.165, 1.54) is 19.3 Å². The molecule has 1 N–H and O–H groups in total. The summed E-state index contributed by atoms with van der Waals surface area (Å²) in [5, 5.41) is 3.33. The third kappa shape index (κ3) is 2.18. The molecule has 1 amide bonds. The summed E-state index contributed by atoms with van der Waals surface area (Å²) < 4.78 is 5.44. The molecule has 1 saturated heterocycles. The molecule has 2 unspecified atom stereocenters. The highest BCUT2D eigenvalue weighted by molar-refractivity contribution is 5.81. The number of hydrogen-bond donors (Lipinski definition) is 1. The van der Waals surface area contributed by atoms with Crippen LogP contribution in [0, 0.1) is 5.92 Å². The molecule has 2 fully saturated rings. The van der Waals surface area contributed by atoms with Crippen molar-refractivity contribution in [2.75, 3.05) is 13.7 Å². The minimum Gasteiger partial charge on any atom is -0.496 e. The predicted molar refractivity (Wildman–Crippen MR) is 77.4 cm³/mol. The Morgan fingerprint density at radius 2 is 2.10 bits per heavy atom. The molecule has 108 valence electrons. The molecule has 1 saturated carbocycles. The van der Waals surface area contributed by atoms with Gasteiger partial charge in [-0.1, -0.05) is 24.6 Å². The smallest absolute Gasteiger partial charge is 0.238 e. The highest BCUT2D eigenvalue weighted by Gasteiger charge is 2.40. The Balaban J connectivity index is 1.89. The lowest BCUT2D eigenvalue weighted by Crippen LogP contribution is -2.44. The number of nitrogens with one attached hydrogen (secondary N) is 1. The minimum absolute atomic E-state index is 0.0609. The van der Waals surface area contributed by atoms with Crippen LogP contribution >= 0.6 is 0 Å². The highest BCUT2D eigenvalue weighted by atomic mass is 16.5. The Hall–Kier alpha value is -1.55. The predicted octanol–water partition coefficient (Wildman–Crippen LogP) is 2.31. The first-order valence-electron chi connectivity index (χ1n) is 7.40. The van der Waals surface area contributed by atoms with E-state index in [4.69, 9.17) is 4.74 Å². The normalized spacial score (nSPS) is 24.6. The van der Waals surface area contributed by atoms with Crippen molar-refractivity contribution in [2.24, 2.45) is 5.92 Å². The largest absolute Gasteiger partial charge is 0.496 e. The summed E-state index contributed by atoms with van der Waals surface area (Å²) in [5.41, 5.74) is 1.05. The van der Waals surface area contributed by atoms with Gasteiger partial charge in [0.05, 0.1) is 13.7 Å². The molecule has 4 nitrogen and oxygen atoms in total. The summed E-state index contributed by atoms with van der Waals surface area (Å²) in [6, 6.07) is 8.23. The number of amides is 1. The Labute approximate surface area is 120 Å². The van der Waals surface area contributed by atoms with Gasteiger partial charge in [-0.05, 0) is 31.7 Å². The summed E-state index contributed by atoms with van der Waals surface area (Å²) in [4.78, 5) is 14.3. The van der Waals surface area contributed by atoms with E-state index in [0.717, 1.165) is 11.3 Å². The Morgan fingerprint density at radius 3 is 2.75 bits per heavy atom. The molecule has 1 aromatic carbocycles. The molecular weight excluding hydrogens is 252 g/mol. The summed E-state index contributed by atoms with van der Waals surface area (Å²) in [7, 11) is 1.68. The van der Waals surface area contributed by atoms with Gasteiger partial charge < -0.3 is 9.64 Å². The third-order valence-corrected chi connectivity index (χ3v) is 4.72. The van der Waals surface area contributed by atoms with Crippen LogP contribution in [0.15, 0.2) is 24.3 Å². The van der Waals surface area contributed by atoms with Gasteiger partial charge in [0.2, 0.25) is 5.91 Å². The van der Waals surface area contributed by atoms with Gasteiger partial charge in [-0.2, -0.15) is 0 Å². The van der Waals surface area contributed by atoms with Crippen molar-refractivity contribution in [2.45, 2.75) is 38.4 Å². The zero-order chi connectivity index (χ0) is 14.1. The molecule has 2 aliphatic rings. The van der Waals surface area contributed by atoms with Crippen LogP contribution in [0.5, 0.6) is 5.75 Å². The van der Waals surface area contributed by atoms with Crippen molar-refractivity contribution < 1.29 is 9.53 Å². The average Bonchev–Trinajstić information content (AvgIpc) is 2.78. The Bertz CT molecular complexity index is 499. The average molecular weight is 274 g/mol. The molecule has 3 rings (SSSR count). The van der Waals surface area contributed by atoms with E-state index in [2.05, 4.69) is 12.2 Å². The lowest BCUT2D eigenvalue weighted by Gasteiger charge is -2.40. The molecule has 1 aliphatic carbocycles.